The summed E-state index contributed by atoms with van der Waals surface area (Å²) in [6.07, 6.45) is 2.15. The second-order valence-corrected chi connectivity index (χ2v) is 4.87. The predicted molar refractivity (Wildman–Crippen MR) is 68.8 cm³/mol. The van der Waals surface area contributed by atoms with Crippen molar-refractivity contribution in [2.24, 2.45) is 0 Å². The molecule has 3 rings (SSSR count). The molecule has 0 bridgehead atoms. The van der Waals surface area contributed by atoms with Crippen LogP contribution in [0.4, 0.5) is 10.2 Å². The van der Waals surface area contributed by atoms with Crippen molar-refractivity contribution in [3.05, 3.63) is 40.9 Å². The van der Waals surface area contributed by atoms with Gasteiger partial charge in [-0.1, -0.05) is 11.6 Å². The number of hydrogen-bond donors (Lipinski definition) is 1. The molecule has 2 N–H and O–H groups in total. The summed E-state index contributed by atoms with van der Waals surface area (Å²) in [5.41, 5.74) is 6.65. The highest BCUT2D eigenvalue weighted by molar-refractivity contribution is 6.30. The summed E-state index contributed by atoms with van der Waals surface area (Å²) in [7, 11) is 0. The highest BCUT2D eigenvalue weighted by atomic mass is 35.5. The van der Waals surface area contributed by atoms with Crippen molar-refractivity contribution in [1.82, 2.24) is 9.97 Å². The Bertz CT molecular complexity index is 611. The quantitative estimate of drug-likeness (QED) is 0.903. The molecule has 5 heteroatoms. The van der Waals surface area contributed by atoms with Gasteiger partial charge in [0.05, 0.1) is 5.69 Å². The van der Waals surface area contributed by atoms with Gasteiger partial charge in [0, 0.05) is 22.6 Å². The molecular weight excluding hydrogens is 253 g/mol. The number of benzene rings is 1. The van der Waals surface area contributed by atoms with Gasteiger partial charge in [-0.15, -0.1) is 0 Å². The van der Waals surface area contributed by atoms with Gasteiger partial charge in [0.2, 0.25) is 0 Å². The van der Waals surface area contributed by atoms with Gasteiger partial charge in [-0.3, -0.25) is 0 Å². The van der Waals surface area contributed by atoms with Crippen LogP contribution < -0.4 is 5.73 Å². The van der Waals surface area contributed by atoms with E-state index in [-0.39, 0.29) is 0 Å². The Labute approximate surface area is 109 Å². The minimum atomic E-state index is -0.401. The van der Waals surface area contributed by atoms with Gasteiger partial charge in [0.15, 0.2) is 0 Å². The lowest BCUT2D eigenvalue weighted by Crippen LogP contribution is -2.00. The fourth-order valence-electron chi connectivity index (χ4n) is 1.84. The third kappa shape index (κ3) is 2.16. The molecule has 1 heterocycles. The molecule has 0 atom stereocenters. The summed E-state index contributed by atoms with van der Waals surface area (Å²) in [5.74, 6) is 1.06. The second-order valence-electron chi connectivity index (χ2n) is 4.43. The SMILES string of the molecule is Nc1cc(-c2ccc(Cl)cc2F)nc(C2CC2)n1. The minimum Gasteiger partial charge on any atom is -0.384 e. The van der Waals surface area contributed by atoms with Gasteiger partial charge < -0.3 is 5.73 Å². The lowest BCUT2D eigenvalue weighted by molar-refractivity contribution is 0.630. The third-order valence-corrected chi connectivity index (χ3v) is 3.15. The van der Waals surface area contributed by atoms with Crippen molar-refractivity contribution in [3.8, 4) is 11.3 Å². The molecule has 0 spiro atoms. The molecular formula is C13H11ClFN3. The van der Waals surface area contributed by atoms with Crippen molar-refractivity contribution >= 4 is 17.4 Å². The highest BCUT2D eigenvalue weighted by Crippen LogP contribution is 2.39. The van der Waals surface area contributed by atoms with Gasteiger partial charge in [-0.05, 0) is 31.0 Å². The van der Waals surface area contributed by atoms with E-state index < -0.39 is 5.82 Å². The summed E-state index contributed by atoms with van der Waals surface area (Å²) >= 11 is 5.73. The zero-order valence-corrected chi connectivity index (χ0v) is 10.3. The number of rotatable bonds is 2. The smallest absolute Gasteiger partial charge is 0.134 e. The molecule has 0 unspecified atom stereocenters. The van der Waals surface area contributed by atoms with E-state index in [4.69, 9.17) is 17.3 Å². The molecule has 1 saturated carbocycles. The minimum absolute atomic E-state index is 0.362. The second kappa shape index (κ2) is 4.21. The van der Waals surface area contributed by atoms with Crippen LogP contribution in [-0.2, 0) is 0 Å². The molecule has 0 amide bonds. The van der Waals surface area contributed by atoms with Gasteiger partial charge in [0.1, 0.15) is 17.5 Å². The Morgan fingerprint density at radius 3 is 2.67 bits per heavy atom. The lowest BCUT2D eigenvalue weighted by atomic mass is 10.1. The average Bonchev–Trinajstić information content (AvgIpc) is 3.11. The topological polar surface area (TPSA) is 51.8 Å². The van der Waals surface area contributed by atoms with E-state index in [2.05, 4.69) is 9.97 Å². The Morgan fingerprint density at radius 1 is 1.22 bits per heavy atom. The van der Waals surface area contributed by atoms with E-state index >= 15 is 0 Å². The number of nitrogen functional groups attached to an aromatic ring is 1. The summed E-state index contributed by atoms with van der Waals surface area (Å²) in [6.45, 7) is 0. The normalized spacial score (nSPS) is 14.8. The first-order chi connectivity index (χ1) is 8.63. The summed E-state index contributed by atoms with van der Waals surface area (Å²) < 4.78 is 13.8. The fraction of sp³-hybridized carbons (Fsp3) is 0.231. The van der Waals surface area contributed by atoms with Gasteiger partial charge >= 0.3 is 0 Å². The first-order valence-corrected chi connectivity index (χ1v) is 6.11. The Morgan fingerprint density at radius 2 is 2.00 bits per heavy atom. The zero-order valence-electron chi connectivity index (χ0n) is 9.53. The molecule has 0 radical (unpaired) electrons. The molecule has 3 nitrogen and oxygen atoms in total. The predicted octanol–water partition coefficient (Wildman–Crippen LogP) is 3.40. The van der Waals surface area contributed by atoms with Crippen molar-refractivity contribution in [2.75, 3.05) is 5.73 Å². The molecule has 1 aliphatic carbocycles. The standard InChI is InChI=1S/C13H11ClFN3/c14-8-3-4-9(10(15)5-8)11-6-12(16)18-13(17-11)7-1-2-7/h3-7H,1-2H2,(H2,16,17,18). The van der Waals surface area contributed by atoms with Crippen molar-refractivity contribution in [3.63, 3.8) is 0 Å². The molecule has 0 saturated heterocycles. The van der Waals surface area contributed by atoms with E-state index in [9.17, 15) is 4.39 Å². The van der Waals surface area contributed by atoms with Crippen LogP contribution in [0.25, 0.3) is 11.3 Å². The third-order valence-electron chi connectivity index (χ3n) is 2.91. The Balaban J connectivity index is 2.10. The van der Waals surface area contributed by atoms with E-state index in [1.54, 1.807) is 18.2 Å². The van der Waals surface area contributed by atoms with Gasteiger partial charge in [0.25, 0.3) is 0 Å². The Kier molecular flexibility index (Phi) is 2.67. The van der Waals surface area contributed by atoms with Crippen LogP contribution in [0.1, 0.15) is 24.6 Å². The van der Waals surface area contributed by atoms with Crippen LogP contribution in [0.2, 0.25) is 5.02 Å². The number of nitrogens with zero attached hydrogens (tertiary/aromatic N) is 2. The summed E-state index contributed by atoms with van der Waals surface area (Å²) in [6, 6.07) is 6.09. The lowest BCUT2D eigenvalue weighted by Gasteiger charge is -2.06. The summed E-state index contributed by atoms with van der Waals surface area (Å²) in [4.78, 5) is 8.57. The number of nitrogens with two attached hydrogens (primary N) is 1. The maximum atomic E-state index is 13.8. The van der Waals surface area contributed by atoms with Crippen LogP contribution in [0, 0.1) is 5.82 Å². The van der Waals surface area contributed by atoms with E-state index in [1.165, 1.54) is 6.07 Å². The molecule has 18 heavy (non-hydrogen) atoms. The average molecular weight is 264 g/mol. The maximum Gasteiger partial charge on any atom is 0.134 e. The molecule has 92 valence electrons. The van der Waals surface area contributed by atoms with E-state index in [0.29, 0.717) is 33.8 Å². The molecule has 1 aromatic heterocycles. The number of aromatic nitrogens is 2. The van der Waals surface area contributed by atoms with Crippen LogP contribution in [0.15, 0.2) is 24.3 Å². The highest BCUT2D eigenvalue weighted by Gasteiger charge is 2.27. The molecule has 0 aliphatic heterocycles. The number of anilines is 1. The van der Waals surface area contributed by atoms with Crippen LogP contribution in [0.5, 0.6) is 0 Å². The largest absolute Gasteiger partial charge is 0.384 e. The molecule has 1 aromatic carbocycles. The van der Waals surface area contributed by atoms with Crippen LogP contribution in [-0.4, -0.2) is 9.97 Å². The van der Waals surface area contributed by atoms with Crippen LogP contribution >= 0.6 is 11.6 Å². The van der Waals surface area contributed by atoms with Crippen molar-refractivity contribution in [1.29, 1.82) is 0 Å². The maximum absolute atomic E-state index is 13.8. The molecule has 1 aliphatic rings. The van der Waals surface area contributed by atoms with E-state index in [0.717, 1.165) is 12.8 Å². The molecule has 2 aromatic rings. The van der Waals surface area contributed by atoms with E-state index in [1.807, 2.05) is 0 Å². The number of hydrogen-bond acceptors (Lipinski definition) is 3. The van der Waals surface area contributed by atoms with Gasteiger partial charge in [-0.25, -0.2) is 14.4 Å². The van der Waals surface area contributed by atoms with Crippen LogP contribution in [0.3, 0.4) is 0 Å². The first kappa shape index (κ1) is 11.4. The van der Waals surface area contributed by atoms with Crippen molar-refractivity contribution < 1.29 is 4.39 Å². The zero-order chi connectivity index (χ0) is 12.7. The summed E-state index contributed by atoms with van der Waals surface area (Å²) in [5, 5.41) is 0.362. The molecule has 1 fully saturated rings. The van der Waals surface area contributed by atoms with Crippen molar-refractivity contribution in [2.45, 2.75) is 18.8 Å². The fourth-order valence-corrected chi connectivity index (χ4v) is 2.00. The Hall–Kier alpha value is -1.68. The first-order valence-electron chi connectivity index (χ1n) is 5.73. The monoisotopic (exact) mass is 263 g/mol. The number of halogens is 2. The van der Waals surface area contributed by atoms with Gasteiger partial charge in [-0.2, -0.15) is 0 Å².